The zero-order valence-electron chi connectivity index (χ0n) is 14.9. The Balaban J connectivity index is 1.36. The minimum Gasteiger partial charge on any atom is -0.486 e. The normalized spacial score (nSPS) is 15.8. The zero-order chi connectivity index (χ0) is 20.4. The van der Waals surface area contributed by atoms with Gasteiger partial charge in [-0.25, -0.2) is 0 Å². The minimum absolute atomic E-state index is 0.00590. The number of nitrogens with zero attached hydrogens (tertiary/aromatic N) is 3. The third-order valence-electron chi connectivity index (χ3n) is 4.17. The highest BCUT2D eigenvalue weighted by molar-refractivity contribution is 6.03. The van der Waals surface area contributed by atoms with Crippen molar-refractivity contribution in [3.63, 3.8) is 0 Å². The Morgan fingerprint density at radius 2 is 1.97 bits per heavy atom. The summed E-state index contributed by atoms with van der Waals surface area (Å²) >= 11 is 0. The van der Waals surface area contributed by atoms with Crippen LogP contribution in [0.5, 0.6) is 11.5 Å². The topological polar surface area (TPSA) is 78.3 Å². The average molecular weight is 404 g/mol. The van der Waals surface area contributed by atoms with Crippen molar-refractivity contribution in [2.75, 3.05) is 11.9 Å². The van der Waals surface area contributed by atoms with Gasteiger partial charge in [0.25, 0.3) is 5.91 Å². The highest BCUT2D eigenvalue weighted by atomic mass is 19.4. The van der Waals surface area contributed by atoms with E-state index in [1.807, 2.05) is 24.3 Å². The number of anilines is 1. The fourth-order valence-electron chi connectivity index (χ4n) is 2.79. The first-order valence-corrected chi connectivity index (χ1v) is 8.64. The molecule has 150 valence electrons. The molecule has 3 heterocycles. The van der Waals surface area contributed by atoms with E-state index in [2.05, 4.69) is 15.4 Å². The number of halogens is 3. The predicted molar refractivity (Wildman–Crippen MR) is 95.8 cm³/mol. The number of benzene rings is 1. The lowest BCUT2D eigenvalue weighted by Gasteiger charge is -2.26. The Kier molecular flexibility index (Phi) is 4.83. The van der Waals surface area contributed by atoms with E-state index in [1.54, 1.807) is 10.9 Å². The van der Waals surface area contributed by atoms with E-state index < -0.39 is 17.8 Å². The number of rotatable bonds is 4. The molecule has 7 nitrogen and oxygen atoms in total. The second-order valence-electron chi connectivity index (χ2n) is 6.33. The standard InChI is InChI=1S/C19H15F3N4O3/c20-19(21,22)17-6-5-12(7-23-17)18(27)25-13-8-24-26(9-13)10-14-11-28-15-3-1-2-4-16(15)29-14/h1-9,14H,10-11H2,(H,25,27)/t14-/m1/s1. The molecule has 0 saturated carbocycles. The molecular weight excluding hydrogens is 389 g/mol. The van der Waals surface area contributed by atoms with Crippen LogP contribution in [0.25, 0.3) is 0 Å². The molecule has 0 bridgehead atoms. The number of carbonyl (C=O) groups excluding carboxylic acids is 1. The molecule has 3 aromatic rings. The third-order valence-corrected chi connectivity index (χ3v) is 4.17. The molecule has 1 atom stereocenters. The van der Waals surface area contributed by atoms with Crippen molar-refractivity contribution >= 4 is 11.6 Å². The number of hydrogen-bond acceptors (Lipinski definition) is 5. The minimum atomic E-state index is -4.55. The SMILES string of the molecule is O=C(Nc1cnn(C[C@@H]2COc3ccccc3O2)c1)c1ccc(C(F)(F)F)nc1. The Hall–Kier alpha value is -3.56. The number of alkyl halides is 3. The molecule has 1 aliphatic rings. The lowest BCUT2D eigenvalue weighted by molar-refractivity contribution is -0.141. The van der Waals surface area contributed by atoms with Gasteiger partial charge in [0.2, 0.25) is 0 Å². The Bertz CT molecular complexity index is 1020. The van der Waals surface area contributed by atoms with Gasteiger partial charge in [0.15, 0.2) is 17.6 Å². The first-order valence-electron chi connectivity index (χ1n) is 8.64. The van der Waals surface area contributed by atoms with Crippen LogP contribution in [-0.4, -0.2) is 33.4 Å². The van der Waals surface area contributed by atoms with Crippen molar-refractivity contribution in [1.82, 2.24) is 14.8 Å². The number of pyridine rings is 1. The van der Waals surface area contributed by atoms with E-state index >= 15 is 0 Å². The van der Waals surface area contributed by atoms with Crippen molar-refractivity contribution in [3.05, 3.63) is 66.2 Å². The van der Waals surface area contributed by atoms with Gasteiger partial charge in [-0.1, -0.05) is 12.1 Å². The highest BCUT2D eigenvalue weighted by Gasteiger charge is 2.32. The lowest BCUT2D eigenvalue weighted by Crippen LogP contribution is -2.33. The maximum absolute atomic E-state index is 12.6. The molecule has 0 radical (unpaired) electrons. The number of amides is 1. The monoisotopic (exact) mass is 404 g/mol. The number of para-hydroxylation sites is 2. The van der Waals surface area contributed by atoms with Crippen molar-refractivity contribution < 1.29 is 27.4 Å². The summed E-state index contributed by atoms with van der Waals surface area (Å²) in [6, 6.07) is 9.17. The summed E-state index contributed by atoms with van der Waals surface area (Å²) in [5.74, 6) is 0.749. The van der Waals surface area contributed by atoms with Gasteiger partial charge >= 0.3 is 6.18 Å². The van der Waals surface area contributed by atoms with Crippen LogP contribution in [-0.2, 0) is 12.7 Å². The van der Waals surface area contributed by atoms with Gasteiger partial charge in [-0.05, 0) is 24.3 Å². The maximum atomic E-state index is 12.6. The smallest absolute Gasteiger partial charge is 0.433 e. The number of hydrogen-bond donors (Lipinski definition) is 1. The molecular formula is C19H15F3N4O3. The first kappa shape index (κ1) is 18.8. The second kappa shape index (κ2) is 7.46. The molecule has 29 heavy (non-hydrogen) atoms. The van der Waals surface area contributed by atoms with E-state index in [0.717, 1.165) is 18.3 Å². The molecule has 1 aliphatic heterocycles. The highest BCUT2D eigenvalue weighted by Crippen LogP contribution is 2.31. The lowest BCUT2D eigenvalue weighted by atomic mass is 10.2. The van der Waals surface area contributed by atoms with Crippen molar-refractivity contribution in [3.8, 4) is 11.5 Å². The summed E-state index contributed by atoms with van der Waals surface area (Å²) in [4.78, 5) is 15.5. The van der Waals surface area contributed by atoms with Crippen molar-refractivity contribution in [2.24, 2.45) is 0 Å². The zero-order valence-corrected chi connectivity index (χ0v) is 14.9. The van der Waals surface area contributed by atoms with E-state index in [0.29, 0.717) is 30.3 Å². The first-order chi connectivity index (χ1) is 13.9. The van der Waals surface area contributed by atoms with Crippen LogP contribution < -0.4 is 14.8 Å². The van der Waals surface area contributed by atoms with E-state index in [1.165, 1.54) is 6.20 Å². The van der Waals surface area contributed by atoms with E-state index in [-0.39, 0.29) is 11.7 Å². The summed E-state index contributed by atoms with van der Waals surface area (Å²) in [6.07, 6.45) is -0.895. The fourth-order valence-corrected chi connectivity index (χ4v) is 2.79. The van der Waals surface area contributed by atoms with Crippen LogP contribution in [0.2, 0.25) is 0 Å². The Labute approximate surface area is 163 Å². The van der Waals surface area contributed by atoms with E-state index in [9.17, 15) is 18.0 Å². The molecule has 1 N–H and O–H groups in total. The second-order valence-corrected chi connectivity index (χ2v) is 6.33. The number of carbonyl (C=O) groups is 1. The summed E-state index contributed by atoms with van der Waals surface area (Å²) in [5.41, 5.74) is -0.656. The molecule has 0 aliphatic carbocycles. The quantitative estimate of drug-likeness (QED) is 0.721. The van der Waals surface area contributed by atoms with Crippen LogP contribution in [0, 0.1) is 0 Å². The number of fused-ring (bicyclic) bond motifs is 1. The predicted octanol–water partition coefficient (Wildman–Crippen LogP) is 3.39. The van der Waals surface area contributed by atoms with Gasteiger partial charge in [-0.2, -0.15) is 18.3 Å². The average Bonchev–Trinajstić information content (AvgIpc) is 3.14. The Morgan fingerprint density at radius 3 is 2.69 bits per heavy atom. The molecule has 0 spiro atoms. The summed E-state index contributed by atoms with van der Waals surface area (Å²) < 4.78 is 50.7. The van der Waals surface area contributed by atoms with Crippen LogP contribution in [0.3, 0.4) is 0 Å². The van der Waals surface area contributed by atoms with Gasteiger partial charge in [0.05, 0.1) is 24.0 Å². The summed E-state index contributed by atoms with van der Waals surface area (Å²) in [5, 5.41) is 6.74. The molecule has 4 rings (SSSR count). The molecule has 2 aromatic heterocycles. The third kappa shape index (κ3) is 4.31. The summed E-state index contributed by atoms with van der Waals surface area (Å²) in [7, 11) is 0. The number of aromatic nitrogens is 3. The van der Waals surface area contributed by atoms with Crippen LogP contribution in [0.15, 0.2) is 55.0 Å². The molecule has 10 heteroatoms. The molecule has 0 fully saturated rings. The maximum Gasteiger partial charge on any atom is 0.433 e. The fraction of sp³-hybridized carbons (Fsp3) is 0.211. The van der Waals surface area contributed by atoms with Crippen LogP contribution in [0.1, 0.15) is 16.1 Å². The van der Waals surface area contributed by atoms with Crippen molar-refractivity contribution in [1.29, 1.82) is 0 Å². The van der Waals surface area contributed by atoms with Crippen LogP contribution in [0.4, 0.5) is 18.9 Å². The molecule has 1 aromatic carbocycles. The summed E-state index contributed by atoms with van der Waals surface area (Å²) in [6.45, 7) is 0.752. The number of nitrogens with one attached hydrogen (secondary N) is 1. The molecule has 0 unspecified atom stereocenters. The van der Waals surface area contributed by atoms with Gasteiger partial charge in [-0.3, -0.25) is 14.5 Å². The van der Waals surface area contributed by atoms with Gasteiger partial charge in [0, 0.05) is 12.4 Å². The van der Waals surface area contributed by atoms with Gasteiger partial charge < -0.3 is 14.8 Å². The van der Waals surface area contributed by atoms with Gasteiger partial charge in [0.1, 0.15) is 12.3 Å². The molecule has 1 amide bonds. The largest absolute Gasteiger partial charge is 0.486 e. The van der Waals surface area contributed by atoms with Crippen molar-refractivity contribution in [2.45, 2.75) is 18.8 Å². The van der Waals surface area contributed by atoms with E-state index in [4.69, 9.17) is 9.47 Å². The van der Waals surface area contributed by atoms with Gasteiger partial charge in [-0.15, -0.1) is 0 Å². The number of ether oxygens (including phenoxy) is 2. The molecule has 0 saturated heterocycles. The van der Waals surface area contributed by atoms with Crippen LogP contribution >= 0.6 is 0 Å². The Morgan fingerprint density at radius 1 is 1.17 bits per heavy atom.